The van der Waals surface area contributed by atoms with Crippen molar-refractivity contribution >= 4 is 11.6 Å². The van der Waals surface area contributed by atoms with Gasteiger partial charge < -0.3 is 20.0 Å². The standard InChI is InChI=1S/C15H21N3O3/c19-11-15(3-4-15)14(21)18-8-7-17(9-13(20)10-18)12-1-5-16-6-2-12/h1-2,5-6,13,19-20H,3-4,7-11H2/t13-/m1/s1. The number of aliphatic hydroxyl groups is 2. The predicted octanol–water partition coefficient (Wildman–Crippen LogP) is -0.136. The van der Waals surface area contributed by atoms with Gasteiger partial charge in [-0.3, -0.25) is 9.78 Å². The molecule has 1 aromatic heterocycles. The summed E-state index contributed by atoms with van der Waals surface area (Å²) in [4.78, 5) is 20.2. The summed E-state index contributed by atoms with van der Waals surface area (Å²) in [5, 5.41) is 19.6. The van der Waals surface area contributed by atoms with E-state index in [9.17, 15) is 15.0 Å². The van der Waals surface area contributed by atoms with Crippen LogP contribution in [0, 0.1) is 5.41 Å². The highest BCUT2D eigenvalue weighted by Gasteiger charge is 2.51. The van der Waals surface area contributed by atoms with Crippen molar-refractivity contribution in [3.63, 3.8) is 0 Å². The Labute approximate surface area is 124 Å². The van der Waals surface area contributed by atoms with Crippen molar-refractivity contribution in [2.75, 3.05) is 37.7 Å². The Morgan fingerprint density at radius 3 is 2.62 bits per heavy atom. The average Bonchev–Trinajstić information content (AvgIpc) is 3.32. The number of rotatable bonds is 3. The second kappa shape index (κ2) is 5.61. The first kappa shape index (κ1) is 14.3. The van der Waals surface area contributed by atoms with Crippen molar-refractivity contribution in [3.05, 3.63) is 24.5 Å². The molecule has 2 heterocycles. The second-order valence-corrected chi connectivity index (χ2v) is 5.99. The number of β-amino-alcohol motifs (C(OH)–C–C–N with tert-alkyl or cyclic N) is 1. The van der Waals surface area contributed by atoms with Gasteiger partial charge in [0.2, 0.25) is 5.91 Å². The van der Waals surface area contributed by atoms with Crippen LogP contribution >= 0.6 is 0 Å². The van der Waals surface area contributed by atoms with E-state index >= 15 is 0 Å². The molecule has 6 heteroatoms. The first-order valence-corrected chi connectivity index (χ1v) is 7.38. The first-order valence-electron chi connectivity index (χ1n) is 7.38. The SMILES string of the molecule is O=C(N1CCN(c2ccncc2)C[C@@H](O)C1)C1(CO)CC1. The summed E-state index contributed by atoms with van der Waals surface area (Å²) in [5.74, 6) is -0.0133. The molecule has 0 aromatic carbocycles. The van der Waals surface area contributed by atoms with Crippen LogP contribution in [-0.2, 0) is 4.79 Å². The highest BCUT2D eigenvalue weighted by atomic mass is 16.3. The molecule has 1 saturated carbocycles. The van der Waals surface area contributed by atoms with Crippen molar-refractivity contribution in [2.45, 2.75) is 18.9 Å². The summed E-state index contributed by atoms with van der Waals surface area (Å²) in [7, 11) is 0. The molecule has 0 unspecified atom stereocenters. The van der Waals surface area contributed by atoms with E-state index in [2.05, 4.69) is 9.88 Å². The third-order valence-corrected chi connectivity index (χ3v) is 4.43. The molecule has 1 atom stereocenters. The smallest absolute Gasteiger partial charge is 0.231 e. The molecule has 0 bridgehead atoms. The molecule has 2 aliphatic rings. The van der Waals surface area contributed by atoms with Crippen molar-refractivity contribution in [3.8, 4) is 0 Å². The van der Waals surface area contributed by atoms with Gasteiger partial charge >= 0.3 is 0 Å². The second-order valence-electron chi connectivity index (χ2n) is 5.99. The minimum atomic E-state index is -0.584. The molecule has 1 aliphatic heterocycles. The normalized spacial score (nSPS) is 24.6. The maximum atomic E-state index is 12.5. The molecule has 0 radical (unpaired) electrons. The maximum Gasteiger partial charge on any atom is 0.231 e. The minimum Gasteiger partial charge on any atom is -0.395 e. The molecule has 2 N–H and O–H groups in total. The fraction of sp³-hybridized carbons (Fsp3) is 0.600. The van der Waals surface area contributed by atoms with Gasteiger partial charge in [0.15, 0.2) is 0 Å². The Morgan fingerprint density at radius 2 is 2.00 bits per heavy atom. The lowest BCUT2D eigenvalue weighted by molar-refractivity contribution is -0.139. The Bertz CT molecular complexity index is 504. The summed E-state index contributed by atoms with van der Waals surface area (Å²) < 4.78 is 0. The van der Waals surface area contributed by atoms with E-state index in [1.54, 1.807) is 17.3 Å². The summed E-state index contributed by atoms with van der Waals surface area (Å²) >= 11 is 0. The zero-order chi connectivity index (χ0) is 14.9. The van der Waals surface area contributed by atoms with Crippen LogP contribution in [0.1, 0.15) is 12.8 Å². The van der Waals surface area contributed by atoms with Crippen molar-refractivity contribution < 1.29 is 15.0 Å². The lowest BCUT2D eigenvalue weighted by Crippen LogP contribution is -2.43. The summed E-state index contributed by atoms with van der Waals surface area (Å²) in [5.41, 5.74) is 0.438. The molecule has 1 saturated heterocycles. The molecule has 1 aromatic rings. The number of amides is 1. The van der Waals surface area contributed by atoms with E-state index in [0.29, 0.717) is 26.2 Å². The quantitative estimate of drug-likeness (QED) is 0.811. The Hall–Kier alpha value is -1.66. The molecule has 114 valence electrons. The van der Waals surface area contributed by atoms with E-state index in [0.717, 1.165) is 18.5 Å². The Balaban J connectivity index is 1.70. The Kier molecular flexibility index (Phi) is 3.82. The topological polar surface area (TPSA) is 76.9 Å². The molecule has 3 rings (SSSR count). The molecule has 2 fully saturated rings. The van der Waals surface area contributed by atoms with Crippen molar-refractivity contribution in [1.29, 1.82) is 0 Å². The molecule has 6 nitrogen and oxygen atoms in total. The van der Waals surface area contributed by atoms with Crippen molar-refractivity contribution in [1.82, 2.24) is 9.88 Å². The zero-order valence-electron chi connectivity index (χ0n) is 12.0. The first-order chi connectivity index (χ1) is 10.1. The van der Waals surface area contributed by atoms with Crippen LogP contribution in [0.4, 0.5) is 5.69 Å². The van der Waals surface area contributed by atoms with Gasteiger partial charge in [-0.2, -0.15) is 0 Å². The number of hydrogen-bond acceptors (Lipinski definition) is 5. The average molecular weight is 291 g/mol. The predicted molar refractivity (Wildman–Crippen MR) is 77.8 cm³/mol. The number of aliphatic hydroxyl groups excluding tert-OH is 2. The number of hydrogen-bond donors (Lipinski definition) is 2. The number of pyridine rings is 1. The van der Waals surface area contributed by atoms with Crippen LogP contribution in [0.25, 0.3) is 0 Å². The van der Waals surface area contributed by atoms with Gasteiger partial charge in [0.05, 0.1) is 18.1 Å². The maximum absolute atomic E-state index is 12.5. The lowest BCUT2D eigenvalue weighted by Gasteiger charge is -2.26. The highest BCUT2D eigenvalue weighted by molar-refractivity contribution is 5.85. The number of aromatic nitrogens is 1. The van der Waals surface area contributed by atoms with E-state index < -0.39 is 11.5 Å². The fourth-order valence-corrected chi connectivity index (χ4v) is 2.89. The molecule has 1 amide bonds. The third-order valence-electron chi connectivity index (χ3n) is 4.43. The van der Waals surface area contributed by atoms with Gasteiger partial charge in [0, 0.05) is 44.3 Å². The Morgan fingerprint density at radius 1 is 1.29 bits per heavy atom. The zero-order valence-corrected chi connectivity index (χ0v) is 12.0. The van der Waals surface area contributed by atoms with Gasteiger partial charge in [-0.25, -0.2) is 0 Å². The monoisotopic (exact) mass is 291 g/mol. The largest absolute Gasteiger partial charge is 0.395 e. The third kappa shape index (κ3) is 2.87. The van der Waals surface area contributed by atoms with Gasteiger partial charge in [0.1, 0.15) is 0 Å². The van der Waals surface area contributed by atoms with Crippen molar-refractivity contribution in [2.24, 2.45) is 5.41 Å². The number of carbonyl (C=O) groups excluding carboxylic acids is 1. The van der Waals surface area contributed by atoms with Crippen LogP contribution in [-0.4, -0.2) is 64.9 Å². The highest BCUT2D eigenvalue weighted by Crippen LogP contribution is 2.46. The number of carbonyl (C=O) groups is 1. The van der Waals surface area contributed by atoms with Crippen LogP contribution in [0.15, 0.2) is 24.5 Å². The molecular weight excluding hydrogens is 270 g/mol. The van der Waals surface area contributed by atoms with E-state index in [-0.39, 0.29) is 12.5 Å². The van der Waals surface area contributed by atoms with Gasteiger partial charge in [-0.1, -0.05) is 0 Å². The molecule has 1 aliphatic carbocycles. The van der Waals surface area contributed by atoms with Crippen LogP contribution in [0.3, 0.4) is 0 Å². The molecule has 21 heavy (non-hydrogen) atoms. The van der Waals surface area contributed by atoms with Crippen LogP contribution in [0.2, 0.25) is 0 Å². The van der Waals surface area contributed by atoms with Crippen LogP contribution in [0.5, 0.6) is 0 Å². The summed E-state index contributed by atoms with van der Waals surface area (Å²) in [6.45, 7) is 1.99. The minimum absolute atomic E-state index is 0.0133. The summed E-state index contributed by atoms with van der Waals surface area (Å²) in [6.07, 6.45) is 4.37. The van der Waals surface area contributed by atoms with E-state index in [1.807, 2.05) is 12.1 Å². The van der Waals surface area contributed by atoms with Gasteiger partial charge in [0.25, 0.3) is 0 Å². The number of nitrogens with zero attached hydrogens (tertiary/aromatic N) is 3. The molecular formula is C15H21N3O3. The lowest BCUT2D eigenvalue weighted by atomic mass is 10.1. The van der Waals surface area contributed by atoms with E-state index in [4.69, 9.17) is 0 Å². The van der Waals surface area contributed by atoms with Crippen LogP contribution < -0.4 is 4.90 Å². The van der Waals surface area contributed by atoms with E-state index in [1.165, 1.54) is 0 Å². The fourth-order valence-electron chi connectivity index (χ4n) is 2.89. The van der Waals surface area contributed by atoms with Gasteiger partial charge in [-0.15, -0.1) is 0 Å². The summed E-state index contributed by atoms with van der Waals surface area (Å²) in [6, 6.07) is 3.81. The number of anilines is 1. The van der Waals surface area contributed by atoms with Gasteiger partial charge in [-0.05, 0) is 25.0 Å². The molecule has 0 spiro atoms.